The lowest BCUT2D eigenvalue weighted by Gasteiger charge is -2.39. The van der Waals surface area contributed by atoms with Crippen LogP contribution in [0.15, 0.2) is 0 Å². The number of hydrogen-bond donors (Lipinski definition) is 1. The Morgan fingerprint density at radius 3 is 1.05 bits per heavy atom. The molecule has 0 aliphatic rings. The molecule has 0 spiro atoms. The van der Waals surface area contributed by atoms with Crippen molar-refractivity contribution in [1.82, 2.24) is 0 Å². The van der Waals surface area contributed by atoms with Crippen LogP contribution in [0.25, 0.3) is 0 Å². The second kappa shape index (κ2) is 16.5. The minimum Gasteiger partial charge on any atom is -0.665 e. The Kier molecular flexibility index (Phi) is 17.9. The van der Waals surface area contributed by atoms with E-state index in [1.54, 1.807) is 0 Å². The third-order valence-corrected chi connectivity index (χ3v) is 3.94. The zero-order valence-electron chi connectivity index (χ0n) is 14.3. The van der Waals surface area contributed by atoms with Gasteiger partial charge in [-0.15, -0.1) is 0 Å². The van der Waals surface area contributed by atoms with Crippen LogP contribution < -0.4 is 0 Å². The summed E-state index contributed by atoms with van der Waals surface area (Å²) in [6, 6.07) is 0. The molecule has 20 heavy (non-hydrogen) atoms. The molecular weight excluding hydrogens is 250 g/mol. The van der Waals surface area contributed by atoms with Gasteiger partial charge in [-0.3, -0.25) is 0 Å². The molecule has 0 aromatic rings. The average Bonchev–Trinajstić information content (AvgIpc) is 2.46. The van der Waals surface area contributed by atoms with Crippen molar-refractivity contribution in [3.63, 3.8) is 0 Å². The van der Waals surface area contributed by atoms with Crippen LogP contribution in [0, 0.1) is 0 Å². The molecule has 0 saturated carbocycles. The van der Waals surface area contributed by atoms with E-state index in [9.17, 15) is 0 Å². The lowest BCUT2D eigenvalue weighted by Crippen LogP contribution is -2.50. The zero-order valence-corrected chi connectivity index (χ0v) is 14.3. The molecule has 3 nitrogen and oxygen atoms in total. The van der Waals surface area contributed by atoms with E-state index in [1.165, 1.54) is 82.0 Å². The van der Waals surface area contributed by atoms with E-state index in [0.717, 1.165) is 0 Å². The molecule has 0 fully saturated rings. The van der Waals surface area contributed by atoms with Crippen molar-refractivity contribution >= 4 is 6.47 Å². The fraction of sp³-hybridized carbons (Fsp3) is 0.941. The van der Waals surface area contributed by atoms with Crippen molar-refractivity contribution in [1.29, 1.82) is 0 Å². The molecule has 0 radical (unpaired) electrons. The van der Waals surface area contributed by atoms with E-state index >= 15 is 0 Å². The van der Waals surface area contributed by atoms with E-state index in [-0.39, 0.29) is 0 Å². The summed E-state index contributed by atoms with van der Waals surface area (Å²) >= 11 is 0. The highest BCUT2D eigenvalue weighted by Crippen LogP contribution is 2.16. The van der Waals surface area contributed by atoms with Gasteiger partial charge in [0.15, 0.2) is 0 Å². The largest absolute Gasteiger partial charge is 0.665 e. The molecule has 0 heterocycles. The topological polar surface area (TPSA) is 37.3 Å². The summed E-state index contributed by atoms with van der Waals surface area (Å²) in [5.41, 5.74) is 0. The van der Waals surface area contributed by atoms with Gasteiger partial charge in [-0.2, -0.15) is 0 Å². The molecule has 0 saturated heterocycles. The van der Waals surface area contributed by atoms with E-state index < -0.39 is 0 Å². The molecule has 0 aliphatic heterocycles. The third-order valence-electron chi connectivity index (χ3n) is 3.94. The SMILES string of the molecule is CCCC[N+](CCCC)(CCCC)CCCC.O=[C-]O. The molecule has 0 amide bonds. The smallest absolute Gasteiger partial charge is 0.0786 e. The van der Waals surface area contributed by atoms with Gasteiger partial charge < -0.3 is 14.4 Å². The number of aliphatic hydroxyl groups excluding tert-OH is 1. The second-order valence-electron chi connectivity index (χ2n) is 5.74. The van der Waals surface area contributed by atoms with Gasteiger partial charge in [0.25, 0.3) is 0 Å². The van der Waals surface area contributed by atoms with Crippen molar-refractivity contribution in [2.75, 3.05) is 26.2 Å². The number of quaternary nitrogens is 1. The Hall–Kier alpha value is -0.570. The Bertz CT molecular complexity index is 158. The minimum absolute atomic E-state index is 0.500. The predicted molar refractivity (Wildman–Crippen MR) is 87.7 cm³/mol. The highest BCUT2D eigenvalue weighted by atomic mass is 16.3. The second-order valence-corrected chi connectivity index (χ2v) is 5.74. The minimum atomic E-state index is 0.500. The standard InChI is InChI=1S/C16H36N.CHO2/c1-5-9-13-17(14-10-6-2,15-11-7-3)16-12-8-4;2-1-3/h5-16H2,1-4H3;(H,2,3)/q+1;-1. The van der Waals surface area contributed by atoms with Crippen LogP contribution >= 0.6 is 0 Å². The van der Waals surface area contributed by atoms with Gasteiger partial charge in [0.05, 0.1) is 26.2 Å². The quantitative estimate of drug-likeness (QED) is 0.420. The van der Waals surface area contributed by atoms with Gasteiger partial charge in [-0.05, 0) is 25.7 Å². The van der Waals surface area contributed by atoms with Crippen molar-refractivity contribution in [2.24, 2.45) is 0 Å². The number of nitrogens with zero attached hydrogens (tertiary/aromatic N) is 1. The Morgan fingerprint density at radius 1 is 0.700 bits per heavy atom. The molecule has 3 heteroatoms. The van der Waals surface area contributed by atoms with E-state index in [4.69, 9.17) is 9.90 Å². The van der Waals surface area contributed by atoms with Gasteiger partial charge >= 0.3 is 0 Å². The average molecular weight is 287 g/mol. The predicted octanol–water partition coefficient (Wildman–Crippen LogP) is 4.62. The highest BCUT2D eigenvalue weighted by molar-refractivity contribution is 5.34. The molecule has 0 aromatic heterocycles. The Labute approximate surface area is 127 Å². The molecule has 122 valence electrons. The zero-order chi connectivity index (χ0) is 15.7. The maximum absolute atomic E-state index is 8.24. The number of hydrogen-bond acceptors (Lipinski definition) is 1. The maximum Gasteiger partial charge on any atom is 0.0786 e. The van der Waals surface area contributed by atoms with Crippen LogP contribution in [0.3, 0.4) is 0 Å². The summed E-state index contributed by atoms with van der Waals surface area (Å²) in [5, 5.41) is 6.76. The molecule has 0 unspecified atom stereocenters. The number of unbranched alkanes of at least 4 members (excludes halogenated alkanes) is 4. The van der Waals surface area contributed by atoms with E-state index in [1.807, 2.05) is 0 Å². The van der Waals surface area contributed by atoms with Gasteiger partial charge in [-0.1, -0.05) is 59.9 Å². The lowest BCUT2D eigenvalue weighted by molar-refractivity contribution is -0.929. The molecule has 0 bridgehead atoms. The lowest BCUT2D eigenvalue weighted by atomic mass is 10.1. The molecular formula is C17H37NO2. The maximum atomic E-state index is 8.24. The monoisotopic (exact) mass is 287 g/mol. The molecule has 0 rings (SSSR count). The summed E-state index contributed by atoms with van der Waals surface area (Å²) in [5.74, 6) is 0. The van der Waals surface area contributed by atoms with Crippen LogP contribution in [-0.2, 0) is 4.79 Å². The first kappa shape index (κ1) is 21.7. The molecule has 0 aliphatic carbocycles. The van der Waals surface area contributed by atoms with Crippen LogP contribution in [0.4, 0.5) is 0 Å². The summed E-state index contributed by atoms with van der Waals surface area (Å²) in [4.78, 5) is 8.24. The fourth-order valence-electron chi connectivity index (χ4n) is 2.64. The van der Waals surface area contributed by atoms with Crippen molar-refractivity contribution in [3.05, 3.63) is 0 Å². The van der Waals surface area contributed by atoms with Gasteiger partial charge in [-0.25, -0.2) is 0 Å². The van der Waals surface area contributed by atoms with Crippen LogP contribution in [0.1, 0.15) is 79.1 Å². The Balaban J connectivity index is 0. The highest BCUT2D eigenvalue weighted by Gasteiger charge is 2.24. The van der Waals surface area contributed by atoms with Crippen LogP contribution in [0.5, 0.6) is 0 Å². The van der Waals surface area contributed by atoms with Crippen molar-refractivity contribution < 1.29 is 14.4 Å². The Morgan fingerprint density at radius 2 is 0.900 bits per heavy atom. The molecule has 1 N–H and O–H groups in total. The summed E-state index contributed by atoms with van der Waals surface area (Å²) < 4.78 is 1.42. The fourth-order valence-corrected chi connectivity index (χ4v) is 2.64. The normalized spacial score (nSPS) is 10.8. The van der Waals surface area contributed by atoms with Gasteiger partial charge in [0, 0.05) is 0 Å². The molecule has 0 atom stereocenters. The summed E-state index contributed by atoms with van der Waals surface area (Å²) in [7, 11) is 0. The first-order valence-corrected chi connectivity index (χ1v) is 8.52. The summed E-state index contributed by atoms with van der Waals surface area (Å²) in [6.07, 6.45) is 11.1. The van der Waals surface area contributed by atoms with Crippen LogP contribution in [-0.4, -0.2) is 42.2 Å². The van der Waals surface area contributed by atoms with Crippen molar-refractivity contribution in [3.8, 4) is 0 Å². The summed E-state index contributed by atoms with van der Waals surface area (Å²) in [6.45, 7) is 15.5. The van der Waals surface area contributed by atoms with Crippen molar-refractivity contribution in [2.45, 2.75) is 79.1 Å². The van der Waals surface area contributed by atoms with Crippen LogP contribution in [0.2, 0.25) is 0 Å². The molecule has 0 aromatic carbocycles. The first-order chi connectivity index (χ1) is 9.66. The number of rotatable bonds is 12. The van der Waals surface area contributed by atoms with Gasteiger partial charge in [0.1, 0.15) is 0 Å². The van der Waals surface area contributed by atoms with E-state index in [2.05, 4.69) is 27.7 Å². The third kappa shape index (κ3) is 12.5. The first-order valence-electron chi connectivity index (χ1n) is 8.52. The van der Waals surface area contributed by atoms with E-state index in [0.29, 0.717) is 6.47 Å². The van der Waals surface area contributed by atoms with Gasteiger partial charge in [0.2, 0.25) is 0 Å².